The molecule has 2 unspecified atom stereocenters. The van der Waals surface area contributed by atoms with Gasteiger partial charge in [0.15, 0.2) is 0 Å². The summed E-state index contributed by atoms with van der Waals surface area (Å²) in [6.45, 7) is 7.45. The van der Waals surface area contributed by atoms with Crippen molar-refractivity contribution in [2.24, 2.45) is 17.8 Å². The highest BCUT2D eigenvalue weighted by molar-refractivity contribution is 5.81. The zero-order chi connectivity index (χ0) is 14.4. The first kappa shape index (κ1) is 16.0. The van der Waals surface area contributed by atoms with Crippen LogP contribution in [0.1, 0.15) is 46.5 Å². The first-order chi connectivity index (χ1) is 9.04. The van der Waals surface area contributed by atoms with Crippen molar-refractivity contribution in [2.45, 2.75) is 46.5 Å². The molecule has 0 N–H and O–H groups in total. The summed E-state index contributed by atoms with van der Waals surface area (Å²) in [4.78, 5) is 26.0. The van der Waals surface area contributed by atoms with Crippen molar-refractivity contribution in [2.75, 3.05) is 20.2 Å². The molecule has 1 heterocycles. The van der Waals surface area contributed by atoms with E-state index in [9.17, 15) is 9.59 Å². The number of carbonyl (C=O) groups excluding carboxylic acids is 2. The molecule has 0 aromatic carbocycles. The van der Waals surface area contributed by atoms with Crippen molar-refractivity contribution in [1.82, 2.24) is 4.90 Å². The van der Waals surface area contributed by atoms with Gasteiger partial charge in [0, 0.05) is 19.0 Å². The smallest absolute Gasteiger partial charge is 0.310 e. The quantitative estimate of drug-likeness (QED) is 0.696. The molecule has 1 amide bonds. The van der Waals surface area contributed by atoms with Crippen molar-refractivity contribution >= 4 is 11.9 Å². The van der Waals surface area contributed by atoms with E-state index in [0.29, 0.717) is 13.1 Å². The molecule has 0 spiro atoms. The maximum atomic E-state index is 12.5. The van der Waals surface area contributed by atoms with Gasteiger partial charge in [-0.1, -0.05) is 33.6 Å². The molecule has 0 aliphatic carbocycles. The van der Waals surface area contributed by atoms with Gasteiger partial charge in [-0.3, -0.25) is 9.59 Å². The van der Waals surface area contributed by atoms with Crippen molar-refractivity contribution in [3.05, 3.63) is 0 Å². The van der Waals surface area contributed by atoms with Gasteiger partial charge in [-0.05, 0) is 18.8 Å². The fourth-order valence-corrected chi connectivity index (χ4v) is 2.95. The number of hydrogen-bond donors (Lipinski definition) is 0. The normalized spacial score (nSPS) is 22.9. The number of amides is 1. The van der Waals surface area contributed by atoms with Crippen LogP contribution < -0.4 is 0 Å². The van der Waals surface area contributed by atoms with Gasteiger partial charge in [-0.2, -0.15) is 0 Å². The zero-order valence-electron chi connectivity index (χ0n) is 12.6. The summed E-state index contributed by atoms with van der Waals surface area (Å²) in [6, 6.07) is 0. The lowest BCUT2D eigenvalue weighted by atomic mass is 9.97. The molecule has 1 rings (SSSR count). The Kier molecular flexibility index (Phi) is 6.32. The highest BCUT2D eigenvalue weighted by Crippen LogP contribution is 2.27. The molecule has 0 radical (unpaired) electrons. The molecule has 19 heavy (non-hydrogen) atoms. The zero-order valence-corrected chi connectivity index (χ0v) is 12.6. The first-order valence-corrected chi connectivity index (χ1v) is 7.41. The molecule has 0 aromatic rings. The number of rotatable bonds is 6. The topological polar surface area (TPSA) is 46.6 Å². The van der Waals surface area contributed by atoms with Gasteiger partial charge in [0.2, 0.25) is 5.91 Å². The minimum Gasteiger partial charge on any atom is -0.469 e. The van der Waals surface area contributed by atoms with Gasteiger partial charge < -0.3 is 9.64 Å². The van der Waals surface area contributed by atoms with Gasteiger partial charge in [0.05, 0.1) is 13.0 Å². The molecule has 0 aromatic heterocycles. The van der Waals surface area contributed by atoms with Crippen LogP contribution in [-0.2, 0) is 14.3 Å². The Labute approximate surface area is 116 Å². The molecule has 4 heteroatoms. The Morgan fingerprint density at radius 2 is 1.79 bits per heavy atom. The van der Waals surface area contributed by atoms with Crippen LogP contribution in [0.25, 0.3) is 0 Å². The summed E-state index contributed by atoms with van der Waals surface area (Å²) < 4.78 is 4.81. The maximum absolute atomic E-state index is 12.5. The first-order valence-electron chi connectivity index (χ1n) is 7.41. The van der Waals surface area contributed by atoms with Crippen LogP contribution in [0, 0.1) is 17.8 Å². The van der Waals surface area contributed by atoms with Gasteiger partial charge >= 0.3 is 5.97 Å². The SMILES string of the molecule is CCCC(CCC)C(=O)N1CC(C)C(C(=O)OC)C1. The van der Waals surface area contributed by atoms with Gasteiger partial charge in [-0.15, -0.1) is 0 Å². The Hall–Kier alpha value is -1.06. The predicted molar refractivity (Wildman–Crippen MR) is 74.6 cm³/mol. The van der Waals surface area contributed by atoms with Crippen LogP contribution >= 0.6 is 0 Å². The maximum Gasteiger partial charge on any atom is 0.310 e. The fourth-order valence-electron chi connectivity index (χ4n) is 2.95. The minimum atomic E-state index is -0.190. The molecule has 0 saturated carbocycles. The lowest BCUT2D eigenvalue weighted by Crippen LogP contribution is -2.35. The largest absolute Gasteiger partial charge is 0.469 e. The summed E-state index contributed by atoms with van der Waals surface area (Å²) >= 11 is 0. The predicted octanol–water partition coefficient (Wildman–Crippen LogP) is 2.47. The molecule has 4 nitrogen and oxygen atoms in total. The summed E-state index contributed by atoms with van der Waals surface area (Å²) in [5.41, 5.74) is 0. The number of methoxy groups -OCH3 is 1. The number of hydrogen-bond acceptors (Lipinski definition) is 3. The van der Waals surface area contributed by atoms with Gasteiger partial charge in [-0.25, -0.2) is 0 Å². The average Bonchev–Trinajstić information content (AvgIpc) is 2.79. The van der Waals surface area contributed by atoms with Crippen LogP contribution in [0.4, 0.5) is 0 Å². The third-order valence-corrected chi connectivity index (χ3v) is 4.05. The van der Waals surface area contributed by atoms with E-state index in [0.717, 1.165) is 25.7 Å². The summed E-state index contributed by atoms with van der Waals surface area (Å²) in [6.07, 6.45) is 3.95. The highest BCUT2D eigenvalue weighted by atomic mass is 16.5. The monoisotopic (exact) mass is 269 g/mol. The van der Waals surface area contributed by atoms with E-state index in [1.807, 2.05) is 11.8 Å². The van der Waals surface area contributed by atoms with Gasteiger partial charge in [0.1, 0.15) is 0 Å². The average molecular weight is 269 g/mol. The second kappa shape index (κ2) is 7.51. The van der Waals surface area contributed by atoms with Crippen molar-refractivity contribution in [1.29, 1.82) is 0 Å². The standard InChI is InChI=1S/C15H27NO3/c1-5-7-12(8-6-2)14(17)16-9-11(3)13(10-16)15(18)19-4/h11-13H,5-10H2,1-4H3. The van der Waals surface area contributed by atoms with E-state index >= 15 is 0 Å². The van der Waals surface area contributed by atoms with Crippen LogP contribution in [0.15, 0.2) is 0 Å². The lowest BCUT2D eigenvalue weighted by Gasteiger charge is -2.23. The summed E-state index contributed by atoms with van der Waals surface area (Å²) in [5, 5.41) is 0. The lowest BCUT2D eigenvalue weighted by molar-refractivity contribution is -0.146. The molecule has 0 bridgehead atoms. The Bertz CT molecular complexity index is 311. The van der Waals surface area contributed by atoms with E-state index in [2.05, 4.69) is 13.8 Å². The second-order valence-electron chi connectivity index (χ2n) is 5.62. The number of esters is 1. The summed E-state index contributed by atoms with van der Waals surface area (Å²) in [7, 11) is 1.41. The Morgan fingerprint density at radius 3 is 2.26 bits per heavy atom. The van der Waals surface area contributed by atoms with Crippen LogP contribution in [0.2, 0.25) is 0 Å². The second-order valence-corrected chi connectivity index (χ2v) is 5.62. The molecule has 1 fully saturated rings. The third kappa shape index (κ3) is 3.95. The Balaban J connectivity index is 2.65. The Morgan fingerprint density at radius 1 is 1.21 bits per heavy atom. The molecule has 1 aliphatic heterocycles. The highest BCUT2D eigenvalue weighted by Gasteiger charge is 2.39. The number of ether oxygens (including phenoxy) is 1. The van der Waals surface area contributed by atoms with Crippen molar-refractivity contribution < 1.29 is 14.3 Å². The molecule has 1 saturated heterocycles. The van der Waals surface area contributed by atoms with Crippen LogP contribution in [-0.4, -0.2) is 37.0 Å². The third-order valence-electron chi connectivity index (χ3n) is 4.05. The van der Waals surface area contributed by atoms with E-state index in [1.54, 1.807) is 0 Å². The minimum absolute atomic E-state index is 0.124. The molecular formula is C15H27NO3. The molecule has 110 valence electrons. The van der Waals surface area contributed by atoms with Gasteiger partial charge in [0.25, 0.3) is 0 Å². The van der Waals surface area contributed by atoms with Crippen LogP contribution in [0.3, 0.4) is 0 Å². The molecule has 1 aliphatic rings. The van der Waals surface area contributed by atoms with E-state index < -0.39 is 0 Å². The van der Waals surface area contributed by atoms with E-state index in [1.165, 1.54) is 7.11 Å². The number of nitrogens with zero attached hydrogens (tertiary/aromatic N) is 1. The summed E-state index contributed by atoms with van der Waals surface area (Å²) in [5.74, 6) is 0.198. The number of carbonyl (C=O) groups is 2. The van der Waals surface area contributed by atoms with Crippen molar-refractivity contribution in [3.8, 4) is 0 Å². The molecule has 2 atom stereocenters. The van der Waals surface area contributed by atoms with E-state index in [4.69, 9.17) is 4.74 Å². The van der Waals surface area contributed by atoms with Crippen LogP contribution in [0.5, 0.6) is 0 Å². The van der Waals surface area contributed by atoms with E-state index in [-0.39, 0.29) is 29.6 Å². The molecular weight excluding hydrogens is 242 g/mol. The van der Waals surface area contributed by atoms with Crippen molar-refractivity contribution in [3.63, 3.8) is 0 Å². The fraction of sp³-hybridized carbons (Fsp3) is 0.867. The number of likely N-dealkylation sites (tertiary alicyclic amines) is 1.